The average Bonchev–Trinajstić information content (AvgIpc) is 2.43. The fourth-order valence-electron chi connectivity index (χ4n) is 2.67. The summed E-state index contributed by atoms with van der Waals surface area (Å²) in [5, 5.41) is 0.794. The van der Waals surface area contributed by atoms with Crippen molar-refractivity contribution in [3.8, 4) is 0 Å². The second-order valence-corrected chi connectivity index (χ2v) is 6.91. The number of benzene rings is 2. The maximum Gasteiger partial charge on any atom is 0.220 e. The maximum absolute atomic E-state index is 11.8. The zero-order chi connectivity index (χ0) is 15.4. The van der Waals surface area contributed by atoms with E-state index in [0.717, 1.165) is 11.7 Å². The van der Waals surface area contributed by atoms with Gasteiger partial charge in [0.25, 0.3) is 0 Å². The smallest absolute Gasteiger partial charge is 0.220 e. The van der Waals surface area contributed by atoms with Gasteiger partial charge in [0.05, 0.1) is 6.61 Å². The van der Waals surface area contributed by atoms with Gasteiger partial charge in [0, 0.05) is 5.30 Å². The molecular formula is C18H23O2P. The number of rotatable bonds is 5. The summed E-state index contributed by atoms with van der Waals surface area (Å²) in [5.41, 5.74) is 6.59. The van der Waals surface area contributed by atoms with Crippen LogP contribution in [-0.4, -0.2) is 6.61 Å². The van der Waals surface area contributed by atoms with Crippen molar-refractivity contribution in [2.24, 2.45) is 0 Å². The molecule has 0 saturated carbocycles. The maximum atomic E-state index is 11.8. The van der Waals surface area contributed by atoms with E-state index in [4.69, 9.17) is 4.52 Å². The second-order valence-electron chi connectivity index (χ2n) is 5.47. The molecule has 0 fully saturated rings. The fourth-order valence-corrected chi connectivity index (χ4v) is 3.53. The molecule has 0 amide bonds. The zero-order valence-electron chi connectivity index (χ0n) is 13.2. The first kappa shape index (κ1) is 16.0. The Morgan fingerprint density at radius 1 is 1.00 bits per heavy atom. The second kappa shape index (κ2) is 7.06. The minimum Gasteiger partial charge on any atom is -0.328 e. The molecule has 0 spiro atoms. The van der Waals surface area contributed by atoms with Crippen LogP contribution in [0.5, 0.6) is 0 Å². The quantitative estimate of drug-likeness (QED) is 0.768. The van der Waals surface area contributed by atoms with Crippen LogP contribution in [0.2, 0.25) is 0 Å². The Morgan fingerprint density at radius 2 is 1.57 bits per heavy atom. The van der Waals surface area contributed by atoms with E-state index in [1.807, 2.05) is 19.1 Å². The summed E-state index contributed by atoms with van der Waals surface area (Å²) in [7, 11) is -2.08. The number of hydrogen-bond acceptors (Lipinski definition) is 2. The molecule has 112 valence electrons. The highest BCUT2D eigenvalue weighted by Crippen LogP contribution is 2.23. The van der Waals surface area contributed by atoms with Gasteiger partial charge in [0.15, 0.2) is 0 Å². The van der Waals surface area contributed by atoms with Gasteiger partial charge >= 0.3 is 0 Å². The van der Waals surface area contributed by atoms with E-state index in [-0.39, 0.29) is 0 Å². The van der Waals surface area contributed by atoms with Crippen molar-refractivity contribution in [1.29, 1.82) is 0 Å². The Labute approximate surface area is 128 Å². The van der Waals surface area contributed by atoms with Crippen LogP contribution in [0.3, 0.4) is 0 Å². The van der Waals surface area contributed by atoms with Gasteiger partial charge in [-0.15, -0.1) is 0 Å². The first-order valence-corrected chi connectivity index (χ1v) is 8.65. The minimum atomic E-state index is -2.08. The first-order chi connectivity index (χ1) is 10.0. The molecule has 0 saturated heterocycles. The molecule has 1 atom stereocenters. The minimum absolute atomic E-state index is 0.487. The Balaban J connectivity index is 2.19. The van der Waals surface area contributed by atoms with Gasteiger partial charge in [-0.3, -0.25) is 4.57 Å². The van der Waals surface area contributed by atoms with E-state index in [1.54, 1.807) is 0 Å². The molecule has 2 rings (SSSR count). The van der Waals surface area contributed by atoms with E-state index in [2.05, 4.69) is 45.0 Å². The topological polar surface area (TPSA) is 26.3 Å². The third-order valence-electron chi connectivity index (χ3n) is 3.69. The van der Waals surface area contributed by atoms with Crippen molar-refractivity contribution in [1.82, 2.24) is 0 Å². The highest BCUT2D eigenvalue weighted by molar-refractivity contribution is 7.48. The molecule has 2 aromatic carbocycles. The van der Waals surface area contributed by atoms with Gasteiger partial charge in [0.2, 0.25) is 8.03 Å². The third kappa shape index (κ3) is 4.06. The van der Waals surface area contributed by atoms with Crippen molar-refractivity contribution in [3.05, 3.63) is 64.2 Å². The standard InChI is InChI=1S/C18H23O2P/c1-5-20-21(19)17-8-6-16(7-9-17)12-18-14(3)10-13(2)11-15(18)4/h6-11,21H,5,12H2,1-4H3. The molecule has 0 radical (unpaired) electrons. The predicted octanol–water partition coefficient (Wildman–Crippen LogP) is 4.34. The zero-order valence-corrected chi connectivity index (χ0v) is 14.2. The van der Waals surface area contributed by atoms with Gasteiger partial charge in [-0.05, 0) is 68.5 Å². The van der Waals surface area contributed by atoms with Crippen LogP contribution in [0.4, 0.5) is 0 Å². The Morgan fingerprint density at radius 3 is 2.10 bits per heavy atom. The predicted molar refractivity (Wildman–Crippen MR) is 90.2 cm³/mol. The molecule has 1 unspecified atom stereocenters. The summed E-state index contributed by atoms with van der Waals surface area (Å²) in [5.74, 6) is 0. The lowest BCUT2D eigenvalue weighted by atomic mass is 9.94. The Bertz CT molecular complexity index is 622. The molecular weight excluding hydrogens is 279 g/mol. The molecule has 0 aromatic heterocycles. The van der Waals surface area contributed by atoms with Gasteiger partial charge in [0.1, 0.15) is 0 Å². The summed E-state index contributed by atoms with van der Waals surface area (Å²) >= 11 is 0. The van der Waals surface area contributed by atoms with Crippen LogP contribution >= 0.6 is 8.03 Å². The van der Waals surface area contributed by atoms with E-state index >= 15 is 0 Å². The normalized spacial score (nSPS) is 12.4. The lowest BCUT2D eigenvalue weighted by molar-refractivity contribution is 0.357. The van der Waals surface area contributed by atoms with Gasteiger partial charge in [-0.2, -0.15) is 0 Å². The lowest BCUT2D eigenvalue weighted by Gasteiger charge is -2.12. The molecule has 0 N–H and O–H groups in total. The van der Waals surface area contributed by atoms with Gasteiger partial charge in [-0.25, -0.2) is 0 Å². The SMILES string of the molecule is CCO[PH](=O)c1ccc(Cc2c(C)cc(C)cc2C)cc1. The van der Waals surface area contributed by atoms with Crippen LogP contribution in [0.15, 0.2) is 36.4 Å². The van der Waals surface area contributed by atoms with Crippen molar-refractivity contribution in [3.63, 3.8) is 0 Å². The van der Waals surface area contributed by atoms with Crippen LogP contribution in [0, 0.1) is 20.8 Å². The summed E-state index contributed by atoms with van der Waals surface area (Å²) in [4.78, 5) is 0. The van der Waals surface area contributed by atoms with E-state index < -0.39 is 8.03 Å². The van der Waals surface area contributed by atoms with Crippen LogP contribution in [-0.2, 0) is 15.5 Å². The van der Waals surface area contributed by atoms with E-state index in [9.17, 15) is 4.57 Å². The lowest BCUT2D eigenvalue weighted by Crippen LogP contribution is -2.01. The van der Waals surface area contributed by atoms with Gasteiger partial charge < -0.3 is 4.52 Å². The average molecular weight is 302 g/mol. The molecule has 0 aliphatic heterocycles. The molecule has 2 nitrogen and oxygen atoms in total. The summed E-state index contributed by atoms with van der Waals surface area (Å²) in [6, 6.07) is 12.4. The molecule has 0 heterocycles. The first-order valence-electron chi connectivity index (χ1n) is 7.34. The molecule has 0 aliphatic carbocycles. The van der Waals surface area contributed by atoms with Crippen molar-refractivity contribution >= 4 is 13.3 Å². The molecule has 2 aromatic rings. The van der Waals surface area contributed by atoms with E-state index in [0.29, 0.717) is 6.61 Å². The number of aryl methyl sites for hydroxylation is 3. The van der Waals surface area contributed by atoms with Crippen molar-refractivity contribution in [2.75, 3.05) is 6.61 Å². The van der Waals surface area contributed by atoms with Gasteiger partial charge in [-0.1, -0.05) is 29.8 Å². The van der Waals surface area contributed by atoms with Crippen molar-refractivity contribution in [2.45, 2.75) is 34.1 Å². The van der Waals surface area contributed by atoms with Crippen molar-refractivity contribution < 1.29 is 9.09 Å². The molecule has 0 bridgehead atoms. The highest BCUT2D eigenvalue weighted by atomic mass is 31.1. The molecule has 0 aliphatic rings. The fraction of sp³-hybridized carbons (Fsp3) is 0.333. The van der Waals surface area contributed by atoms with Crippen LogP contribution in [0.1, 0.15) is 34.7 Å². The Kier molecular flexibility index (Phi) is 5.39. The largest absolute Gasteiger partial charge is 0.328 e. The van der Waals surface area contributed by atoms with Crippen LogP contribution < -0.4 is 5.30 Å². The number of hydrogen-bond donors (Lipinski definition) is 0. The van der Waals surface area contributed by atoms with E-state index in [1.165, 1.54) is 27.8 Å². The summed E-state index contributed by atoms with van der Waals surface area (Å²) in [6.45, 7) is 8.81. The monoisotopic (exact) mass is 302 g/mol. The summed E-state index contributed by atoms with van der Waals surface area (Å²) < 4.78 is 17.0. The molecule has 3 heteroatoms. The summed E-state index contributed by atoms with van der Waals surface area (Å²) in [6.07, 6.45) is 0.911. The Hall–Kier alpha value is -1.37. The van der Waals surface area contributed by atoms with Crippen LogP contribution in [0.25, 0.3) is 0 Å². The highest BCUT2D eigenvalue weighted by Gasteiger charge is 2.07. The molecule has 21 heavy (non-hydrogen) atoms. The third-order valence-corrected chi connectivity index (χ3v) is 5.04.